The number of aromatic nitrogens is 3. The molecule has 2 fully saturated rings. The van der Waals surface area contributed by atoms with Gasteiger partial charge in [0.1, 0.15) is 0 Å². The number of ether oxygens (including phenoxy) is 1. The van der Waals surface area contributed by atoms with Crippen LogP contribution < -0.4 is 21.2 Å². The summed E-state index contributed by atoms with van der Waals surface area (Å²) in [5.41, 5.74) is 5.27. The van der Waals surface area contributed by atoms with E-state index in [1.54, 1.807) is 6.08 Å². The molecule has 172 valence electrons. The number of aromatic hydroxyl groups is 1. The van der Waals surface area contributed by atoms with E-state index in [4.69, 9.17) is 10.5 Å². The van der Waals surface area contributed by atoms with Gasteiger partial charge in [0, 0.05) is 19.3 Å². The summed E-state index contributed by atoms with van der Waals surface area (Å²) >= 11 is 0. The van der Waals surface area contributed by atoms with E-state index in [-0.39, 0.29) is 29.1 Å². The lowest BCUT2D eigenvalue weighted by molar-refractivity contribution is -0.686. The third kappa shape index (κ3) is 4.27. The molecule has 10 nitrogen and oxygen atoms in total. The number of nitrogens with two attached hydrogens (primary N) is 1. The van der Waals surface area contributed by atoms with Crippen molar-refractivity contribution in [2.24, 2.45) is 17.6 Å². The first-order valence-corrected chi connectivity index (χ1v) is 11.1. The van der Waals surface area contributed by atoms with Crippen molar-refractivity contribution in [2.45, 2.75) is 52.1 Å². The molecule has 5 N–H and O–H groups in total. The third-order valence-corrected chi connectivity index (χ3v) is 5.83. The summed E-state index contributed by atoms with van der Waals surface area (Å²) in [4.78, 5) is 38.2. The Labute approximate surface area is 185 Å². The minimum atomic E-state index is -0.737. The van der Waals surface area contributed by atoms with Crippen LogP contribution in [0.5, 0.6) is 5.88 Å². The van der Waals surface area contributed by atoms with E-state index >= 15 is 0 Å². The number of nitrogens with zero attached hydrogens (tertiary/aromatic N) is 2. The maximum Gasteiger partial charge on any atom is 0.378 e. The molecule has 3 heterocycles. The number of carbonyl (C=O) groups is 2. The predicted octanol–water partition coefficient (Wildman–Crippen LogP) is 0.708. The second-order valence-electron chi connectivity index (χ2n) is 8.99. The second kappa shape index (κ2) is 8.78. The van der Waals surface area contributed by atoms with E-state index in [2.05, 4.69) is 10.4 Å². The first-order chi connectivity index (χ1) is 15.3. The number of primary amides is 1. The Hall–Kier alpha value is -3.14. The van der Waals surface area contributed by atoms with Gasteiger partial charge in [-0.1, -0.05) is 24.4 Å². The van der Waals surface area contributed by atoms with Gasteiger partial charge in [-0.25, -0.2) is 9.89 Å². The fourth-order valence-electron chi connectivity index (χ4n) is 4.02. The SMILES string of the molecule is CC(C)C[n+]1c(O)c(C(=O)NC2CC2)c(=O)n2[nH]c(C(N)=O)c(/C=C/C3CCOCC3)c21. The summed E-state index contributed by atoms with van der Waals surface area (Å²) < 4.78 is 8.03. The molecule has 4 rings (SSSR count). The first-order valence-electron chi connectivity index (χ1n) is 11.1. The normalized spacial score (nSPS) is 17.5. The van der Waals surface area contributed by atoms with Crippen LogP contribution in [0.4, 0.5) is 0 Å². The molecule has 1 aliphatic heterocycles. The quantitative estimate of drug-likeness (QED) is 0.465. The van der Waals surface area contributed by atoms with Gasteiger partial charge in [0.25, 0.3) is 11.8 Å². The van der Waals surface area contributed by atoms with Gasteiger partial charge in [-0.15, -0.1) is 0 Å². The largest absolute Gasteiger partial charge is 0.477 e. The molecule has 2 aromatic rings. The zero-order chi connectivity index (χ0) is 23.0. The summed E-state index contributed by atoms with van der Waals surface area (Å²) in [6, 6.07) is 0.0170. The Balaban J connectivity index is 1.92. The summed E-state index contributed by atoms with van der Waals surface area (Å²) in [5.74, 6) is -1.43. The number of rotatable bonds is 7. The lowest BCUT2D eigenvalue weighted by Gasteiger charge is -2.18. The molecule has 0 aromatic carbocycles. The molecule has 2 amide bonds. The van der Waals surface area contributed by atoms with Gasteiger partial charge in [-0.2, -0.15) is 4.57 Å². The van der Waals surface area contributed by atoms with E-state index in [0.717, 1.165) is 30.2 Å². The van der Waals surface area contributed by atoms with Crippen molar-refractivity contribution in [2.75, 3.05) is 13.2 Å². The van der Waals surface area contributed by atoms with Crippen molar-refractivity contribution in [3.05, 3.63) is 33.3 Å². The average molecular weight is 445 g/mol. The maximum absolute atomic E-state index is 13.2. The van der Waals surface area contributed by atoms with Crippen LogP contribution in [0.3, 0.4) is 0 Å². The molecule has 0 bridgehead atoms. The number of carbonyl (C=O) groups excluding carboxylic acids is 2. The number of fused-ring (bicyclic) bond motifs is 1. The average Bonchev–Trinajstić information content (AvgIpc) is 3.46. The van der Waals surface area contributed by atoms with Gasteiger partial charge in [-0.3, -0.25) is 9.59 Å². The minimum absolute atomic E-state index is 0.0170. The highest BCUT2D eigenvalue weighted by molar-refractivity contribution is 5.98. The van der Waals surface area contributed by atoms with E-state index in [1.807, 2.05) is 19.9 Å². The molecule has 0 unspecified atom stereocenters. The standard InChI is InChI=1S/C22H29N5O5/c1-12(2)11-26-20-15(6-3-13-7-9-32-10-8-13)17(18(23)28)25-27(20)22(31)16(21(26)30)19(29)24-14-4-5-14/h3,6,12-14H,4-5,7-11H2,1-2H3,(H4,23,24,28,29,30,31)/p+1/b6-3+. The van der Waals surface area contributed by atoms with Crippen molar-refractivity contribution in [1.29, 1.82) is 0 Å². The Morgan fingerprint density at radius 1 is 1.31 bits per heavy atom. The van der Waals surface area contributed by atoms with Crippen molar-refractivity contribution < 1.29 is 24.0 Å². The van der Waals surface area contributed by atoms with Crippen LogP contribution in [-0.4, -0.2) is 45.8 Å². The predicted molar refractivity (Wildman–Crippen MR) is 116 cm³/mol. The van der Waals surface area contributed by atoms with Crippen LogP contribution in [0, 0.1) is 11.8 Å². The zero-order valence-corrected chi connectivity index (χ0v) is 18.4. The Kier molecular flexibility index (Phi) is 6.05. The number of H-pyrrole nitrogens is 1. The summed E-state index contributed by atoms with van der Waals surface area (Å²) in [6.45, 7) is 5.57. The first kappa shape index (κ1) is 22.1. The van der Waals surface area contributed by atoms with Crippen molar-refractivity contribution in [3.63, 3.8) is 0 Å². The molecular weight excluding hydrogens is 414 g/mol. The smallest absolute Gasteiger partial charge is 0.378 e. The molecule has 2 aromatic heterocycles. The van der Waals surface area contributed by atoms with Gasteiger partial charge < -0.3 is 20.9 Å². The van der Waals surface area contributed by atoms with Crippen LogP contribution in [0.1, 0.15) is 65.9 Å². The molecule has 10 heteroatoms. The van der Waals surface area contributed by atoms with E-state index < -0.39 is 23.3 Å². The van der Waals surface area contributed by atoms with E-state index in [9.17, 15) is 19.5 Å². The second-order valence-corrected chi connectivity index (χ2v) is 8.99. The minimum Gasteiger partial charge on any atom is -0.477 e. The van der Waals surface area contributed by atoms with Gasteiger partial charge in [0.15, 0.2) is 5.69 Å². The molecule has 32 heavy (non-hydrogen) atoms. The molecular formula is C22H30N5O5+. The lowest BCUT2D eigenvalue weighted by Crippen LogP contribution is -2.46. The molecule has 0 atom stereocenters. The number of hydrogen-bond donors (Lipinski definition) is 4. The lowest BCUT2D eigenvalue weighted by atomic mass is 9.99. The van der Waals surface area contributed by atoms with Crippen LogP contribution in [0.15, 0.2) is 10.9 Å². The molecule has 0 spiro atoms. The highest BCUT2D eigenvalue weighted by atomic mass is 16.5. The van der Waals surface area contributed by atoms with Gasteiger partial charge in [0.05, 0.1) is 12.1 Å². The van der Waals surface area contributed by atoms with Gasteiger partial charge in [-0.05, 0) is 43.6 Å². The molecule has 1 aliphatic carbocycles. The van der Waals surface area contributed by atoms with Crippen molar-refractivity contribution in [1.82, 2.24) is 14.9 Å². The number of allylic oxidation sites excluding steroid dienone is 1. The number of nitrogens with one attached hydrogen (secondary N) is 2. The Bertz CT molecular complexity index is 1140. The molecule has 2 aliphatic rings. The summed E-state index contributed by atoms with van der Waals surface area (Å²) in [6.07, 6.45) is 7.14. The summed E-state index contributed by atoms with van der Waals surface area (Å²) in [5, 5.41) is 16.5. The van der Waals surface area contributed by atoms with Crippen molar-refractivity contribution in [3.8, 4) is 5.88 Å². The molecule has 0 radical (unpaired) electrons. The molecule has 1 saturated heterocycles. The number of amides is 2. The highest BCUT2D eigenvalue weighted by Gasteiger charge is 2.36. The fourth-order valence-corrected chi connectivity index (χ4v) is 4.02. The van der Waals surface area contributed by atoms with Crippen LogP contribution in [0.2, 0.25) is 0 Å². The van der Waals surface area contributed by atoms with Crippen molar-refractivity contribution >= 4 is 23.5 Å². The van der Waals surface area contributed by atoms with E-state index in [0.29, 0.717) is 31.0 Å². The monoisotopic (exact) mass is 444 g/mol. The number of aromatic amines is 1. The fraction of sp³-hybridized carbons (Fsp3) is 0.545. The third-order valence-electron chi connectivity index (χ3n) is 5.83. The van der Waals surface area contributed by atoms with E-state index in [1.165, 1.54) is 4.57 Å². The Morgan fingerprint density at radius 2 is 2.00 bits per heavy atom. The van der Waals surface area contributed by atoms with Crippen LogP contribution in [0.25, 0.3) is 11.7 Å². The zero-order valence-electron chi connectivity index (χ0n) is 18.4. The van der Waals surface area contributed by atoms with Gasteiger partial charge >= 0.3 is 17.1 Å². The maximum atomic E-state index is 13.2. The summed E-state index contributed by atoms with van der Waals surface area (Å²) in [7, 11) is 0. The Morgan fingerprint density at radius 3 is 2.59 bits per heavy atom. The van der Waals surface area contributed by atoms with Crippen LogP contribution >= 0.6 is 0 Å². The molecule has 1 saturated carbocycles. The highest BCUT2D eigenvalue weighted by Crippen LogP contribution is 2.23. The topological polar surface area (TPSA) is 143 Å². The van der Waals surface area contributed by atoms with Gasteiger partial charge in [0.2, 0.25) is 5.56 Å². The van der Waals surface area contributed by atoms with Crippen LogP contribution in [-0.2, 0) is 11.3 Å². The number of hydrogen-bond acceptors (Lipinski definition) is 5.